The minimum atomic E-state index is -0.133. The molecule has 4 nitrogen and oxygen atoms in total. The Kier molecular flexibility index (Phi) is 4.49. The van der Waals surface area contributed by atoms with Crippen LogP contribution in [0.4, 0.5) is 5.69 Å². The van der Waals surface area contributed by atoms with E-state index in [9.17, 15) is 4.79 Å². The van der Waals surface area contributed by atoms with Crippen LogP contribution in [0.15, 0.2) is 10.5 Å². The highest BCUT2D eigenvalue weighted by atomic mass is 32.1. The van der Waals surface area contributed by atoms with Gasteiger partial charge in [-0.2, -0.15) is 5.10 Å². The van der Waals surface area contributed by atoms with Crippen LogP contribution in [0.25, 0.3) is 0 Å². The highest BCUT2D eigenvalue weighted by Crippen LogP contribution is 2.25. The Morgan fingerprint density at radius 3 is 2.62 bits per heavy atom. The summed E-state index contributed by atoms with van der Waals surface area (Å²) in [5.74, 6) is -0.133. The van der Waals surface area contributed by atoms with Gasteiger partial charge in [0.25, 0.3) is 5.91 Å². The van der Waals surface area contributed by atoms with Gasteiger partial charge in [-0.15, -0.1) is 11.3 Å². The Morgan fingerprint density at radius 1 is 1.44 bits per heavy atom. The van der Waals surface area contributed by atoms with Crippen LogP contribution in [-0.4, -0.2) is 18.2 Å². The van der Waals surface area contributed by atoms with Crippen molar-refractivity contribution >= 4 is 28.6 Å². The minimum Gasteiger partial charge on any atom is -0.375 e. The summed E-state index contributed by atoms with van der Waals surface area (Å²) >= 11 is 1.68. The first kappa shape index (κ1) is 12.7. The van der Waals surface area contributed by atoms with E-state index in [0.29, 0.717) is 0 Å². The average molecular weight is 239 g/mol. The number of carbonyl (C=O) groups excluding carboxylic acids is 1. The number of aryl methyl sites for hydroxylation is 2. The summed E-state index contributed by atoms with van der Waals surface area (Å²) in [5.41, 5.74) is 5.53. The van der Waals surface area contributed by atoms with Crippen LogP contribution in [0.2, 0.25) is 0 Å². The van der Waals surface area contributed by atoms with Crippen molar-refractivity contribution in [3.8, 4) is 0 Å². The highest BCUT2D eigenvalue weighted by Gasteiger charge is 2.06. The second-order valence-corrected chi connectivity index (χ2v) is 4.88. The Labute approximate surface area is 99.8 Å². The first-order valence-electron chi connectivity index (χ1n) is 5.09. The van der Waals surface area contributed by atoms with Crippen LogP contribution in [0.1, 0.15) is 24.3 Å². The zero-order chi connectivity index (χ0) is 12.1. The molecule has 0 bridgehead atoms. The maximum absolute atomic E-state index is 11.4. The second kappa shape index (κ2) is 5.65. The van der Waals surface area contributed by atoms with Crippen LogP contribution in [0.5, 0.6) is 0 Å². The van der Waals surface area contributed by atoms with Crippen LogP contribution in [-0.2, 0) is 4.79 Å². The summed E-state index contributed by atoms with van der Waals surface area (Å²) in [5, 5.41) is 9.04. The van der Waals surface area contributed by atoms with Gasteiger partial charge in [0, 0.05) is 10.6 Å². The molecule has 0 unspecified atom stereocenters. The van der Waals surface area contributed by atoms with Crippen molar-refractivity contribution in [1.29, 1.82) is 0 Å². The van der Waals surface area contributed by atoms with Gasteiger partial charge in [-0.05, 0) is 38.6 Å². The monoisotopic (exact) mass is 239 g/mol. The van der Waals surface area contributed by atoms with Gasteiger partial charge < -0.3 is 5.32 Å². The first-order chi connectivity index (χ1) is 7.50. The van der Waals surface area contributed by atoms with Gasteiger partial charge in [-0.3, -0.25) is 4.79 Å². The highest BCUT2D eigenvalue weighted by molar-refractivity contribution is 7.10. The van der Waals surface area contributed by atoms with Gasteiger partial charge in [0.15, 0.2) is 0 Å². The van der Waals surface area contributed by atoms with E-state index in [2.05, 4.69) is 21.2 Å². The standard InChI is InChI=1S/C11H17N3OS/c1-7(2)13-14-10(15)5-12-11-8(3)6-16-9(11)4/h6,12H,5H2,1-4H3,(H,14,15). The number of hydrogen-bond donors (Lipinski definition) is 2. The van der Waals surface area contributed by atoms with E-state index < -0.39 is 0 Å². The molecule has 88 valence electrons. The maximum atomic E-state index is 11.4. The van der Waals surface area contributed by atoms with Crippen molar-refractivity contribution in [3.63, 3.8) is 0 Å². The van der Waals surface area contributed by atoms with E-state index in [0.717, 1.165) is 11.4 Å². The summed E-state index contributed by atoms with van der Waals surface area (Å²) < 4.78 is 0. The lowest BCUT2D eigenvalue weighted by Crippen LogP contribution is -2.26. The van der Waals surface area contributed by atoms with E-state index in [1.54, 1.807) is 11.3 Å². The number of anilines is 1. The normalized spacial score (nSPS) is 9.75. The SMILES string of the molecule is CC(C)=NNC(=O)CNc1c(C)csc1C. The Hall–Kier alpha value is -1.36. The van der Waals surface area contributed by atoms with E-state index in [-0.39, 0.29) is 12.5 Å². The Morgan fingerprint density at radius 2 is 2.12 bits per heavy atom. The average Bonchev–Trinajstić information content (AvgIpc) is 2.53. The quantitative estimate of drug-likeness (QED) is 0.625. The summed E-state index contributed by atoms with van der Waals surface area (Å²) in [7, 11) is 0. The van der Waals surface area contributed by atoms with Crippen molar-refractivity contribution in [2.45, 2.75) is 27.7 Å². The topological polar surface area (TPSA) is 53.5 Å². The predicted octanol–water partition coefficient (Wildman–Crippen LogP) is 2.29. The molecule has 1 aromatic rings. The predicted molar refractivity (Wildman–Crippen MR) is 69.2 cm³/mol. The number of hydrazone groups is 1. The number of thiophene rings is 1. The summed E-state index contributed by atoms with van der Waals surface area (Å²) in [6.45, 7) is 7.97. The molecule has 0 atom stereocenters. The van der Waals surface area contributed by atoms with Crippen molar-refractivity contribution in [1.82, 2.24) is 5.43 Å². The largest absolute Gasteiger partial charge is 0.375 e. The van der Waals surface area contributed by atoms with Gasteiger partial charge in [0.1, 0.15) is 0 Å². The zero-order valence-corrected chi connectivity index (χ0v) is 10.9. The van der Waals surface area contributed by atoms with Gasteiger partial charge in [0.05, 0.1) is 12.2 Å². The fraction of sp³-hybridized carbons (Fsp3) is 0.455. The summed E-state index contributed by atoms with van der Waals surface area (Å²) in [4.78, 5) is 12.6. The molecule has 5 heteroatoms. The molecular formula is C11H17N3OS. The molecule has 0 aliphatic rings. The lowest BCUT2D eigenvalue weighted by atomic mass is 10.3. The number of hydrogen-bond acceptors (Lipinski definition) is 4. The molecule has 1 rings (SSSR count). The number of amides is 1. The van der Waals surface area contributed by atoms with E-state index in [4.69, 9.17) is 0 Å². The summed E-state index contributed by atoms with van der Waals surface area (Å²) in [6, 6.07) is 0. The molecule has 0 saturated heterocycles. The van der Waals surface area contributed by atoms with Crippen LogP contribution in [0.3, 0.4) is 0 Å². The van der Waals surface area contributed by atoms with Crippen molar-refractivity contribution < 1.29 is 4.79 Å². The Balaban J connectivity index is 2.46. The molecule has 0 aliphatic carbocycles. The van der Waals surface area contributed by atoms with E-state index in [1.807, 2.05) is 27.7 Å². The van der Waals surface area contributed by atoms with Crippen molar-refractivity contribution in [2.24, 2.45) is 5.10 Å². The Bertz CT molecular complexity index is 386. The maximum Gasteiger partial charge on any atom is 0.259 e. The van der Waals surface area contributed by atoms with Crippen LogP contribution >= 0.6 is 11.3 Å². The van der Waals surface area contributed by atoms with Crippen LogP contribution in [0, 0.1) is 13.8 Å². The second-order valence-electron chi connectivity index (χ2n) is 3.80. The van der Waals surface area contributed by atoms with E-state index in [1.165, 1.54) is 10.4 Å². The van der Waals surface area contributed by atoms with Gasteiger partial charge in [-0.25, -0.2) is 5.43 Å². The molecule has 0 aliphatic heterocycles. The number of rotatable bonds is 4. The molecule has 0 fully saturated rings. The third-order valence-corrected chi connectivity index (χ3v) is 3.02. The molecule has 0 saturated carbocycles. The van der Waals surface area contributed by atoms with Gasteiger partial charge in [-0.1, -0.05) is 0 Å². The number of carbonyl (C=O) groups is 1. The van der Waals surface area contributed by atoms with Crippen LogP contribution < -0.4 is 10.7 Å². The van der Waals surface area contributed by atoms with Gasteiger partial charge in [0.2, 0.25) is 0 Å². The third kappa shape index (κ3) is 3.66. The fourth-order valence-electron chi connectivity index (χ4n) is 1.22. The molecule has 0 radical (unpaired) electrons. The molecule has 16 heavy (non-hydrogen) atoms. The minimum absolute atomic E-state index is 0.133. The molecule has 0 spiro atoms. The van der Waals surface area contributed by atoms with Crippen molar-refractivity contribution in [3.05, 3.63) is 15.8 Å². The molecule has 1 heterocycles. The van der Waals surface area contributed by atoms with E-state index >= 15 is 0 Å². The number of nitrogens with zero attached hydrogens (tertiary/aromatic N) is 1. The molecule has 2 N–H and O–H groups in total. The molecule has 1 aromatic heterocycles. The fourth-order valence-corrected chi connectivity index (χ4v) is 2.04. The smallest absolute Gasteiger partial charge is 0.259 e. The van der Waals surface area contributed by atoms with Gasteiger partial charge >= 0.3 is 0 Å². The van der Waals surface area contributed by atoms with Crippen molar-refractivity contribution in [2.75, 3.05) is 11.9 Å². The molecule has 0 aromatic carbocycles. The lowest BCUT2D eigenvalue weighted by molar-refractivity contribution is -0.119. The molecule has 1 amide bonds. The zero-order valence-electron chi connectivity index (χ0n) is 10.0. The molecular weight excluding hydrogens is 222 g/mol. The first-order valence-corrected chi connectivity index (χ1v) is 5.97. The summed E-state index contributed by atoms with van der Waals surface area (Å²) in [6.07, 6.45) is 0. The number of nitrogens with one attached hydrogen (secondary N) is 2. The lowest BCUT2D eigenvalue weighted by Gasteiger charge is -2.06. The third-order valence-electron chi connectivity index (χ3n) is 1.99.